The summed E-state index contributed by atoms with van der Waals surface area (Å²) in [4.78, 5) is 4.99. The molecule has 1 aliphatic carbocycles. The molecule has 0 spiro atoms. The monoisotopic (exact) mass is 349 g/mol. The fourth-order valence-electron chi connectivity index (χ4n) is 4.05. The molecule has 0 saturated heterocycles. The maximum Gasteiger partial charge on any atom is 0.139 e. The average Bonchev–Trinajstić information content (AvgIpc) is 3.01. The Morgan fingerprint density at radius 2 is 1.77 bits per heavy atom. The summed E-state index contributed by atoms with van der Waals surface area (Å²) in [6.07, 6.45) is 6.45. The Morgan fingerprint density at radius 3 is 2.46 bits per heavy atom. The van der Waals surface area contributed by atoms with Crippen LogP contribution in [0.2, 0.25) is 0 Å². The van der Waals surface area contributed by atoms with E-state index in [-0.39, 0.29) is 0 Å². The third-order valence-corrected chi connectivity index (χ3v) is 5.36. The van der Waals surface area contributed by atoms with Crippen LogP contribution in [0.3, 0.4) is 0 Å². The zero-order chi connectivity index (χ0) is 18.1. The number of imidazole rings is 1. The second-order valence-electron chi connectivity index (χ2n) is 7.38. The minimum Gasteiger partial charge on any atom is -0.497 e. The van der Waals surface area contributed by atoms with Crippen LogP contribution in [0, 0.1) is 13.8 Å². The highest BCUT2D eigenvalue weighted by Gasteiger charge is 2.20. The van der Waals surface area contributed by atoms with Gasteiger partial charge in [-0.05, 0) is 68.7 Å². The van der Waals surface area contributed by atoms with Crippen molar-refractivity contribution in [2.45, 2.75) is 52.0 Å². The number of pyridine rings is 1. The quantitative estimate of drug-likeness (QED) is 0.688. The van der Waals surface area contributed by atoms with Crippen molar-refractivity contribution in [1.29, 1.82) is 0 Å². The van der Waals surface area contributed by atoms with Gasteiger partial charge in [0.1, 0.15) is 22.9 Å². The molecule has 0 radical (unpaired) electrons. The highest BCUT2D eigenvalue weighted by Crippen LogP contribution is 2.33. The van der Waals surface area contributed by atoms with Crippen molar-refractivity contribution >= 4 is 11.5 Å². The first-order valence-corrected chi connectivity index (χ1v) is 9.56. The number of anilines is 1. The fourth-order valence-corrected chi connectivity index (χ4v) is 4.05. The minimum atomic E-state index is 0.529. The number of hydrogen-bond donors (Lipinski definition) is 1. The molecular weight excluding hydrogens is 322 g/mol. The number of ether oxygens (including phenoxy) is 1. The molecule has 1 aliphatic rings. The molecule has 4 heteroatoms. The Labute approximate surface area is 155 Å². The zero-order valence-corrected chi connectivity index (χ0v) is 15.9. The highest BCUT2D eigenvalue weighted by atomic mass is 16.5. The molecule has 1 N–H and O–H groups in total. The molecule has 2 heterocycles. The standard InChI is InChI=1S/C22H27N3O/c1-15-13-16(2)25-20(14-15)24-21(17-9-11-19(26-3)12-10-17)22(25)23-18-7-5-4-6-8-18/h9-14,18,23H,4-8H2,1-3H3. The summed E-state index contributed by atoms with van der Waals surface area (Å²) >= 11 is 0. The van der Waals surface area contributed by atoms with E-state index in [4.69, 9.17) is 9.72 Å². The van der Waals surface area contributed by atoms with E-state index in [1.807, 2.05) is 12.1 Å². The molecule has 0 unspecified atom stereocenters. The van der Waals surface area contributed by atoms with Crippen LogP contribution in [0.5, 0.6) is 5.75 Å². The molecule has 136 valence electrons. The Bertz CT molecular complexity index is 905. The number of aryl methyl sites for hydroxylation is 2. The van der Waals surface area contributed by atoms with E-state index in [9.17, 15) is 0 Å². The van der Waals surface area contributed by atoms with E-state index in [0.717, 1.165) is 28.5 Å². The van der Waals surface area contributed by atoms with Gasteiger partial charge >= 0.3 is 0 Å². The van der Waals surface area contributed by atoms with Gasteiger partial charge in [0.2, 0.25) is 0 Å². The second kappa shape index (κ2) is 7.02. The van der Waals surface area contributed by atoms with Crippen molar-refractivity contribution in [3.05, 3.63) is 47.7 Å². The van der Waals surface area contributed by atoms with Crippen LogP contribution >= 0.6 is 0 Å². The predicted molar refractivity (Wildman–Crippen MR) is 107 cm³/mol. The number of fused-ring (bicyclic) bond motifs is 1. The highest BCUT2D eigenvalue weighted by molar-refractivity contribution is 5.77. The van der Waals surface area contributed by atoms with Crippen molar-refractivity contribution in [3.63, 3.8) is 0 Å². The molecule has 1 saturated carbocycles. The minimum absolute atomic E-state index is 0.529. The molecule has 0 amide bonds. The number of methoxy groups -OCH3 is 1. The summed E-state index contributed by atoms with van der Waals surface area (Å²) in [5.74, 6) is 1.99. The molecule has 0 aliphatic heterocycles. The molecule has 26 heavy (non-hydrogen) atoms. The van der Waals surface area contributed by atoms with Crippen molar-refractivity contribution < 1.29 is 4.74 Å². The Hall–Kier alpha value is -2.49. The smallest absolute Gasteiger partial charge is 0.139 e. The lowest BCUT2D eigenvalue weighted by molar-refractivity contribution is 0.415. The zero-order valence-electron chi connectivity index (χ0n) is 15.9. The van der Waals surface area contributed by atoms with Gasteiger partial charge in [-0.25, -0.2) is 4.98 Å². The van der Waals surface area contributed by atoms with Crippen molar-refractivity contribution in [2.24, 2.45) is 0 Å². The third-order valence-electron chi connectivity index (χ3n) is 5.36. The first-order chi connectivity index (χ1) is 12.7. The van der Waals surface area contributed by atoms with Gasteiger partial charge in [-0.15, -0.1) is 0 Å². The molecule has 0 atom stereocenters. The number of rotatable bonds is 4. The first kappa shape index (κ1) is 17.0. The van der Waals surface area contributed by atoms with E-state index < -0.39 is 0 Å². The molecule has 2 aromatic heterocycles. The van der Waals surface area contributed by atoms with Crippen LogP contribution in [0.15, 0.2) is 36.4 Å². The average molecular weight is 349 g/mol. The SMILES string of the molecule is COc1ccc(-c2nc3cc(C)cc(C)n3c2NC2CCCCC2)cc1. The van der Waals surface area contributed by atoms with Gasteiger partial charge in [-0.3, -0.25) is 4.40 Å². The third kappa shape index (κ3) is 3.16. The molecule has 1 aromatic carbocycles. The second-order valence-corrected chi connectivity index (χ2v) is 7.38. The van der Waals surface area contributed by atoms with Crippen molar-refractivity contribution in [1.82, 2.24) is 9.38 Å². The summed E-state index contributed by atoms with van der Waals surface area (Å²) in [6, 6.07) is 13.1. The summed E-state index contributed by atoms with van der Waals surface area (Å²) in [7, 11) is 1.70. The van der Waals surface area contributed by atoms with Gasteiger partial charge in [-0.1, -0.05) is 19.3 Å². The molecular formula is C22H27N3O. The number of nitrogens with one attached hydrogen (secondary N) is 1. The fraction of sp³-hybridized carbons (Fsp3) is 0.409. The lowest BCUT2D eigenvalue weighted by atomic mass is 9.95. The summed E-state index contributed by atoms with van der Waals surface area (Å²) < 4.78 is 7.57. The Morgan fingerprint density at radius 1 is 1.04 bits per heavy atom. The van der Waals surface area contributed by atoms with E-state index >= 15 is 0 Å². The van der Waals surface area contributed by atoms with Gasteiger partial charge in [0, 0.05) is 17.3 Å². The van der Waals surface area contributed by atoms with E-state index in [2.05, 4.69) is 47.8 Å². The summed E-state index contributed by atoms with van der Waals surface area (Å²) in [5, 5.41) is 3.83. The van der Waals surface area contributed by atoms with Crippen LogP contribution in [0.4, 0.5) is 5.82 Å². The number of hydrogen-bond acceptors (Lipinski definition) is 3. The van der Waals surface area contributed by atoms with Crippen LogP contribution in [-0.2, 0) is 0 Å². The van der Waals surface area contributed by atoms with Crippen LogP contribution in [-0.4, -0.2) is 22.5 Å². The topological polar surface area (TPSA) is 38.6 Å². The van der Waals surface area contributed by atoms with Crippen molar-refractivity contribution in [3.8, 4) is 17.0 Å². The van der Waals surface area contributed by atoms with Gasteiger partial charge < -0.3 is 10.1 Å². The van der Waals surface area contributed by atoms with E-state index in [1.165, 1.54) is 43.4 Å². The van der Waals surface area contributed by atoms with Gasteiger partial charge in [0.05, 0.1) is 7.11 Å². The number of aromatic nitrogens is 2. The molecule has 3 aromatic rings. The summed E-state index contributed by atoms with van der Waals surface area (Å²) in [5.41, 5.74) is 5.60. The lowest BCUT2D eigenvalue weighted by Gasteiger charge is -2.24. The number of nitrogens with zero attached hydrogens (tertiary/aromatic N) is 2. The molecule has 1 fully saturated rings. The molecule has 4 nitrogen and oxygen atoms in total. The van der Waals surface area contributed by atoms with Crippen LogP contribution in [0.25, 0.3) is 16.9 Å². The van der Waals surface area contributed by atoms with E-state index in [1.54, 1.807) is 7.11 Å². The maximum absolute atomic E-state index is 5.31. The van der Waals surface area contributed by atoms with Crippen molar-refractivity contribution in [2.75, 3.05) is 12.4 Å². The van der Waals surface area contributed by atoms with Crippen LogP contribution < -0.4 is 10.1 Å². The predicted octanol–water partition coefficient (Wildman–Crippen LogP) is 5.37. The first-order valence-electron chi connectivity index (χ1n) is 9.56. The summed E-state index contributed by atoms with van der Waals surface area (Å²) in [6.45, 7) is 4.29. The normalized spacial score (nSPS) is 15.3. The maximum atomic E-state index is 5.31. The Kier molecular flexibility index (Phi) is 4.58. The van der Waals surface area contributed by atoms with Gasteiger partial charge in [0.15, 0.2) is 0 Å². The van der Waals surface area contributed by atoms with Gasteiger partial charge in [0.25, 0.3) is 0 Å². The Balaban J connectivity index is 1.83. The van der Waals surface area contributed by atoms with Crippen LogP contribution in [0.1, 0.15) is 43.4 Å². The van der Waals surface area contributed by atoms with E-state index in [0.29, 0.717) is 6.04 Å². The molecule has 4 rings (SSSR count). The number of benzene rings is 1. The largest absolute Gasteiger partial charge is 0.497 e. The van der Waals surface area contributed by atoms with Gasteiger partial charge in [-0.2, -0.15) is 0 Å². The lowest BCUT2D eigenvalue weighted by Crippen LogP contribution is -2.23. The molecule has 0 bridgehead atoms.